The molecule has 1 amide bonds. The lowest BCUT2D eigenvalue weighted by Gasteiger charge is -2.25. The molecule has 2 aromatic rings. The topological polar surface area (TPSA) is 46.6 Å². The fourth-order valence-corrected chi connectivity index (χ4v) is 2.49. The molecule has 144 valence electrons. The highest BCUT2D eigenvalue weighted by molar-refractivity contribution is 6.31. The lowest BCUT2D eigenvalue weighted by atomic mass is 10.1. The Morgan fingerprint density at radius 3 is 2.19 bits per heavy atom. The molecule has 0 N–H and O–H groups in total. The van der Waals surface area contributed by atoms with Gasteiger partial charge >= 0.3 is 5.97 Å². The molecule has 0 unspecified atom stereocenters. The van der Waals surface area contributed by atoms with E-state index < -0.39 is 47.0 Å². The molecule has 2 rings (SSSR count). The number of carbonyl (C=O) groups excluding carboxylic acids is 2. The van der Waals surface area contributed by atoms with E-state index in [0.717, 1.165) is 4.90 Å². The van der Waals surface area contributed by atoms with Crippen LogP contribution < -0.4 is 4.90 Å². The van der Waals surface area contributed by atoms with Gasteiger partial charge in [-0.3, -0.25) is 14.5 Å². The molecule has 0 heterocycles. The maximum atomic E-state index is 14.1. The van der Waals surface area contributed by atoms with Crippen molar-refractivity contribution < 1.29 is 27.5 Å². The molecule has 0 atom stereocenters. The van der Waals surface area contributed by atoms with Crippen LogP contribution in [0.15, 0.2) is 36.4 Å². The zero-order chi connectivity index (χ0) is 20.4. The minimum Gasteiger partial charge on any atom is -0.459 e. The van der Waals surface area contributed by atoms with Gasteiger partial charge in [0.2, 0.25) is 0 Å². The predicted molar refractivity (Wildman–Crippen MR) is 95.3 cm³/mol. The van der Waals surface area contributed by atoms with Crippen molar-refractivity contribution in [2.45, 2.75) is 26.4 Å². The maximum absolute atomic E-state index is 14.1. The van der Waals surface area contributed by atoms with Crippen molar-refractivity contribution in [3.05, 3.63) is 64.4 Å². The average molecular weight is 400 g/mol. The fourth-order valence-electron chi connectivity index (χ4n) is 2.31. The summed E-state index contributed by atoms with van der Waals surface area (Å²) in [6, 6.07) is 6.60. The molecule has 8 heteroatoms. The third-order valence-electron chi connectivity index (χ3n) is 3.29. The fraction of sp³-hybridized carbons (Fsp3) is 0.263. The summed E-state index contributed by atoms with van der Waals surface area (Å²) in [5.74, 6) is -5.89. The maximum Gasteiger partial charge on any atom is 0.326 e. The smallest absolute Gasteiger partial charge is 0.326 e. The molecule has 0 aliphatic carbocycles. The third kappa shape index (κ3) is 5.47. The minimum absolute atomic E-state index is 0.126. The number of esters is 1. The van der Waals surface area contributed by atoms with Crippen molar-refractivity contribution in [2.24, 2.45) is 0 Å². The Morgan fingerprint density at radius 2 is 1.67 bits per heavy atom. The Bertz CT molecular complexity index is 858. The van der Waals surface area contributed by atoms with Crippen LogP contribution >= 0.6 is 11.6 Å². The quantitative estimate of drug-likeness (QED) is 0.697. The van der Waals surface area contributed by atoms with Gasteiger partial charge in [-0.05, 0) is 39.0 Å². The van der Waals surface area contributed by atoms with Crippen molar-refractivity contribution in [2.75, 3.05) is 11.4 Å². The van der Waals surface area contributed by atoms with E-state index in [0.29, 0.717) is 12.1 Å². The normalized spacial score (nSPS) is 11.2. The number of nitrogens with zero attached hydrogens (tertiary/aromatic N) is 1. The molecule has 0 saturated carbocycles. The molecule has 2 aromatic carbocycles. The van der Waals surface area contributed by atoms with Crippen LogP contribution in [0.1, 0.15) is 31.1 Å². The monoisotopic (exact) mass is 399 g/mol. The Labute approximate surface area is 159 Å². The van der Waals surface area contributed by atoms with Crippen LogP contribution in [-0.4, -0.2) is 24.0 Å². The van der Waals surface area contributed by atoms with E-state index in [1.54, 1.807) is 20.8 Å². The highest BCUT2D eigenvalue weighted by Crippen LogP contribution is 2.24. The standard InChI is InChI=1S/C19H17ClF3NO3/c1-19(2,3)27-16(25)10-24(13-6-4-5-11(20)7-13)18(26)17-14(22)8-12(21)9-15(17)23/h4-9H,10H2,1-3H3. The van der Waals surface area contributed by atoms with Crippen molar-refractivity contribution in [3.8, 4) is 0 Å². The highest BCUT2D eigenvalue weighted by atomic mass is 35.5. The van der Waals surface area contributed by atoms with Gasteiger partial charge < -0.3 is 4.74 Å². The molecule has 0 saturated heterocycles. The van der Waals surface area contributed by atoms with Gasteiger partial charge in [-0.15, -0.1) is 0 Å². The summed E-state index contributed by atoms with van der Waals surface area (Å²) < 4.78 is 46.4. The zero-order valence-corrected chi connectivity index (χ0v) is 15.6. The number of hydrogen-bond acceptors (Lipinski definition) is 3. The van der Waals surface area contributed by atoms with Crippen LogP contribution in [0, 0.1) is 17.5 Å². The SMILES string of the molecule is CC(C)(C)OC(=O)CN(C(=O)c1c(F)cc(F)cc1F)c1cccc(Cl)c1. The van der Waals surface area contributed by atoms with Gasteiger partial charge in [0, 0.05) is 22.8 Å². The average Bonchev–Trinajstić information content (AvgIpc) is 2.49. The van der Waals surface area contributed by atoms with Gasteiger partial charge in [-0.25, -0.2) is 13.2 Å². The van der Waals surface area contributed by atoms with Gasteiger partial charge in [0.1, 0.15) is 35.2 Å². The molecule has 0 bridgehead atoms. The Hall–Kier alpha value is -2.54. The first-order valence-corrected chi connectivity index (χ1v) is 8.29. The molecule has 0 radical (unpaired) electrons. The Morgan fingerprint density at radius 1 is 1.07 bits per heavy atom. The molecule has 0 spiro atoms. The third-order valence-corrected chi connectivity index (χ3v) is 3.53. The van der Waals surface area contributed by atoms with E-state index in [1.165, 1.54) is 24.3 Å². The summed E-state index contributed by atoms with van der Waals surface area (Å²) in [7, 11) is 0. The summed E-state index contributed by atoms with van der Waals surface area (Å²) in [6.45, 7) is 4.29. The predicted octanol–water partition coefficient (Wildman–Crippen LogP) is 4.75. The van der Waals surface area contributed by atoms with Crippen LogP contribution in [-0.2, 0) is 9.53 Å². The molecule has 0 fully saturated rings. The van der Waals surface area contributed by atoms with E-state index in [2.05, 4.69) is 0 Å². The van der Waals surface area contributed by atoms with Gasteiger partial charge in [0.05, 0.1) is 0 Å². The van der Waals surface area contributed by atoms with Crippen molar-refractivity contribution >= 4 is 29.2 Å². The largest absolute Gasteiger partial charge is 0.459 e. The molecule has 0 aliphatic rings. The van der Waals surface area contributed by atoms with Gasteiger partial charge in [0.15, 0.2) is 0 Å². The first-order valence-electron chi connectivity index (χ1n) is 7.92. The number of ether oxygens (including phenoxy) is 1. The summed E-state index contributed by atoms with van der Waals surface area (Å²) in [5, 5.41) is 0.245. The lowest BCUT2D eigenvalue weighted by molar-refractivity contribution is -0.152. The van der Waals surface area contributed by atoms with Crippen LogP contribution in [0.25, 0.3) is 0 Å². The highest BCUT2D eigenvalue weighted by Gasteiger charge is 2.29. The van der Waals surface area contributed by atoms with E-state index in [4.69, 9.17) is 16.3 Å². The number of halogens is 4. The summed E-state index contributed by atoms with van der Waals surface area (Å²) in [6.07, 6.45) is 0. The Balaban J connectivity index is 2.46. The second kappa shape index (κ2) is 8.00. The molecular formula is C19H17ClF3NO3. The summed E-state index contributed by atoms with van der Waals surface area (Å²) >= 11 is 5.91. The van der Waals surface area contributed by atoms with Crippen molar-refractivity contribution in [1.82, 2.24) is 0 Å². The van der Waals surface area contributed by atoms with Crippen LogP contribution in [0.3, 0.4) is 0 Å². The number of benzene rings is 2. The molecule has 4 nitrogen and oxygen atoms in total. The van der Waals surface area contributed by atoms with Gasteiger partial charge in [0.25, 0.3) is 5.91 Å². The lowest BCUT2D eigenvalue weighted by Crippen LogP contribution is -2.39. The molecule has 0 aromatic heterocycles. The number of hydrogen-bond donors (Lipinski definition) is 0. The minimum atomic E-state index is -1.38. The van der Waals surface area contributed by atoms with Crippen LogP contribution in [0.2, 0.25) is 5.02 Å². The van der Waals surface area contributed by atoms with Crippen LogP contribution in [0.5, 0.6) is 0 Å². The van der Waals surface area contributed by atoms with Crippen LogP contribution in [0.4, 0.5) is 18.9 Å². The van der Waals surface area contributed by atoms with E-state index in [1.807, 2.05) is 0 Å². The van der Waals surface area contributed by atoms with Gasteiger partial charge in [-0.2, -0.15) is 0 Å². The Kier molecular flexibility index (Phi) is 6.15. The number of carbonyl (C=O) groups is 2. The second-order valence-corrected chi connectivity index (χ2v) is 7.14. The van der Waals surface area contributed by atoms with Gasteiger partial charge in [-0.1, -0.05) is 17.7 Å². The van der Waals surface area contributed by atoms with E-state index in [-0.39, 0.29) is 10.7 Å². The first-order chi connectivity index (χ1) is 12.5. The molecule has 0 aliphatic heterocycles. The summed E-state index contributed by atoms with van der Waals surface area (Å²) in [4.78, 5) is 25.8. The molecule has 27 heavy (non-hydrogen) atoms. The van der Waals surface area contributed by atoms with E-state index in [9.17, 15) is 22.8 Å². The first kappa shape index (κ1) is 20.8. The van der Waals surface area contributed by atoms with Crippen molar-refractivity contribution in [1.29, 1.82) is 0 Å². The second-order valence-electron chi connectivity index (χ2n) is 6.70. The number of anilines is 1. The van der Waals surface area contributed by atoms with E-state index >= 15 is 0 Å². The summed E-state index contributed by atoms with van der Waals surface area (Å²) in [5.41, 5.74) is -1.69. The zero-order valence-electron chi connectivity index (χ0n) is 14.9. The molecular weight excluding hydrogens is 383 g/mol. The van der Waals surface area contributed by atoms with Crippen molar-refractivity contribution in [3.63, 3.8) is 0 Å². The number of rotatable bonds is 4. The number of amides is 1.